The van der Waals surface area contributed by atoms with Gasteiger partial charge in [-0.2, -0.15) is 0 Å². The molecular weight excluding hydrogens is 687 g/mol. The van der Waals surface area contributed by atoms with Gasteiger partial charge in [-0.25, -0.2) is 0 Å². The van der Waals surface area contributed by atoms with E-state index in [2.05, 4.69) is 170 Å². The molecule has 3 atom stereocenters. The highest BCUT2D eigenvalue weighted by atomic mass is 15.1. The molecule has 0 radical (unpaired) electrons. The summed E-state index contributed by atoms with van der Waals surface area (Å²) in [4.78, 5) is 2.53. The van der Waals surface area contributed by atoms with Crippen molar-refractivity contribution < 1.29 is 0 Å². The molecule has 0 aromatic heterocycles. The van der Waals surface area contributed by atoms with Crippen LogP contribution in [0.15, 0.2) is 152 Å². The minimum Gasteiger partial charge on any atom is -0.310 e. The molecule has 1 nitrogen and oxygen atoms in total. The molecule has 0 N–H and O–H groups in total. The van der Waals surface area contributed by atoms with Gasteiger partial charge in [0.1, 0.15) is 0 Å². The number of hydrogen-bond acceptors (Lipinski definition) is 1. The van der Waals surface area contributed by atoms with E-state index >= 15 is 0 Å². The second kappa shape index (κ2) is 13.9. The van der Waals surface area contributed by atoms with E-state index in [0.717, 1.165) is 17.8 Å². The highest BCUT2D eigenvalue weighted by molar-refractivity contribution is 6.03. The smallest absolute Gasteiger partial charge is 0.0467 e. The summed E-state index contributed by atoms with van der Waals surface area (Å²) >= 11 is 0. The molecule has 0 spiro atoms. The summed E-state index contributed by atoms with van der Waals surface area (Å²) in [5.74, 6) is 3.18. The van der Waals surface area contributed by atoms with Crippen LogP contribution in [-0.2, 0) is 5.41 Å². The summed E-state index contributed by atoms with van der Waals surface area (Å²) in [7, 11) is 0. The van der Waals surface area contributed by atoms with Gasteiger partial charge in [-0.05, 0) is 159 Å². The number of hydrogen-bond donors (Lipinski definition) is 0. The van der Waals surface area contributed by atoms with Gasteiger partial charge < -0.3 is 4.90 Å². The third-order valence-electron chi connectivity index (χ3n) is 14.8. The summed E-state index contributed by atoms with van der Waals surface area (Å²) in [6, 6.07) is 58.2. The van der Waals surface area contributed by atoms with Crippen LogP contribution in [0.1, 0.15) is 106 Å². The zero-order chi connectivity index (χ0) is 38.1. The SMILES string of the molecule is CC1(C)c2cc(N(c3ccc(C4CC5CCC4C5)cc3)c3cccc(-c4ccccc4C4CCCCC4)c3)ccc2-c2c(-c3cccc4ccccc34)cccc21. The van der Waals surface area contributed by atoms with E-state index in [0.29, 0.717) is 5.92 Å². The van der Waals surface area contributed by atoms with Crippen LogP contribution >= 0.6 is 0 Å². The first-order chi connectivity index (χ1) is 28.0. The molecular formula is C56H53N. The maximum absolute atomic E-state index is 2.53. The van der Waals surface area contributed by atoms with E-state index in [1.54, 1.807) is 0 Å². The predicted molar refractivity (Wildman–Crippen MR) is 241 cm³/mol. The first kappa shape index (κ1) is 34.8. The summed E-state index contributed by atoms with van der Waals surface area (Å²) in [5, 5.41) is 2.59. The summed E-state index contributed by atoms with van der Waals surface area (Å²) in [6.45, 7) is 4.84. The van der Waals surface area contributed by atoms with E-state index < -0.39 is 0 Å². The van der Waals surface area contributed by atoms with Gasteiger partial charge in [0.05, 0.1) is 0 Å². The van der Waals surface area contributed by atoms with Crippen molar-refractivity contribution >= 4 is 27.8 Å². The lowest BCUT2D eigenvalue weighted by molar-refractivity contribution is 0.420. The Morgan fingerprint density at radius 2 is 1.23 bits per heavy atom. The minimum absolute atomic E-state index is 0.153. The van der Waals surface area contributed by atoms with Gasteiger partial charge in [-0.15, -0.1) is 0 Å². The second-order valence-electron chi connectivity index (χ2n) is 18.3. The summed E-state index contributed by atoms with van der Waals surface area (Å²) < 4.78 is 0. The Labute approximate surface area is 339 Å². The third-order valence-corrected chi connectivity index (χ3v) is 14.8. The van der Waals surface area contributed by atoms with Gasteiger partial charge in [0.15, 0.2) is 0 Å². The van der Waals surface area contributed by atoms with Crippen LogP contribution in [0, 0.1) is 11.8 Å². The van der Waals surface area contributed by atoms with Crippen molar-refractivity contribution in [3.8, 4) is 33.4 Å². The molecule has 11 rings (SSSR count). The van der Waals surface area contributed by atoms with E-state index in [-0.39, 0.29) is 5.41 Å². The topological polar surface area (TPSA) is 3.24 Å². The Morgan fingerprint density at radius 3 is 2.07 bits per heavy atom. The molecule has 3 fully saturated rings. The first-order valence-electron chi connectivity index (χ1n) is 21.9. The third kappa shape index (κ3) is 5.88. The highest BCUT2D eigenvalue weighted by Gasteiger charge is 2.40. The fourth-order valence-corrected chi connectivity index (χ4v) is 11.9. The second-order valence-corrected chi connectivity index (χ2v) is 18.3. The van der Waals surface area contributed by atoms with Crippen LogP contribution in [0.2, 0.25) is 0 Å². The molecule has 7 aromatic carbocycles. The summed E-state index contributed by atoms with van der Waals surface area (Å²) in [6.07, 6.45) is 12.3. The molecule has 1 heteroatoms. The summed E-state index contributed by atoms with van der Waals surface area (Å²) in [5.41, 5.74) is 17.4. The van der Waals surface area contributed by atoms with Crippen molar-refractivity contribution in [3.05, 3.63) is 174 Å². The quantitative estimate of drug-likeness (QED) is 0.157. The van der Waals surface area contributed by atoms with Crippen molar-refractivity contribution in [2.45, 2.75) is 88.9 Å². The Hall–Kier alpha value is -5.40. The van der Waals surface area contributed by atoms with Gasteiger partial charge >= 0.3 is 0 Å². The molecule has 282 valence electrons. The molecule has 7 aromatic rings. The van der Waals surface area contributed by atoms with Crippen LogP contribution in [-0.4, -0.2) is 0 Å². The van der Waals surface area contributed by atoms with Gasteiger partial charge in [-0.3, -0.25) is 0 Å². The van der Waals surface area contributed by atoms with Crippen molar-refractivity contribution in [1.29, 1.82) is 0 Å². The van der Waals surface area contributed by atoms with Crippen LogP contribution in [0.3, 0.4) is 0 Å². The standard InChI is InChI=1S/C56H53N/c1-56(2)53-24-12-23-50(49-22-11-16-39-15-6-7-20-47(39)49)55(53)51-32-31-45(36-54(51)56)57(43-29-27-40(28-30-43)52-34-37-25-26-42(52)33-37)44-18-10-17-41(35-44)48-21-9-8-19-46(48)38-13-4-3-5-14-38/h6-12,15-24,27-32,35-38,42,52H,3-5,13-14,25-26,33-34H2,1-2H3. The normalized spacial score (nSPS) is 20.8. The van der Waals surface area contributed by atoms with Crippen molar-refractivity contribution in [2.24, 2.45) is 11.8 Å². The van der Waals surface area contributed by atoms with Crippen molar-refractivity contribution in [2.75, 3.05) is 4.90 Å². The average Bonchev–Trinajstić information content (AvgIpc) is 3.97. The van der Waals surface area contributed by atoms with E-state index in [1.807, 2.05) is 0 Å². The molecule has 2 bridgehead atoms. The fraction of sp³-hybridized carbons (Fsp3) is 0.286. The molecule has 0 heterocycles. The predicted octanol–water partition coefficient (Wildman–Crippen LogP) is 15.9. The van der Waals surface area contributed by atoms with Crippen molar-refractivity contribution in [3.63, 3.8) is 0 Å². The number of rotatable bonds is 7. The molecule has 0 amide bonds. The van der Waals surface area contributed by atoms with Crippen LogP contribution < -0.4 is 4.90 Å². The lowest BCUT2D eigenvalue weighted by Crippen LogP contribution is -2.16. The minimum atomic E-state index is -0.153. The number of benzene rings is 7. The lowest BCUT2D eigenvalue weighted by Gasteiger charge is -2.29. The van der Waals surface area contributed by atoms with Crippen LogP contribution in [0.25, 0.3) is 44.2 Å². The molecule has 0 saturated heterocycles. The van der Waals surface area contributed by atoms with Gasteiger partial charge in [0, 0.05) is 22.5 Å². The van der Waals surface area contributed by atoms with E-state index in [1.165, 1.54) is 141 Å². The van der Waals surface area contributed by atoms with E-state index in [4.69, 9.17) is 0 Å². The fourth-order valence-electron chi connectivity index (χ4n) is 11.9. The first-order valence-corrected chi connectivity index (χ1v) is 21.9. The van der Waals surface area contributed by atoms with Crippen LogP contribution in [0.5, 0.6) is 0 Å². The molecule has 4 aliphatic carbocycles. The monoisotopic (exact) mass is 739 g/mol. The Morgan fingerprint density at radius 1 is 0.509 bits per heavy atom. The average molecular weight is 740 g/mol. The molecule has 3 saturated carbocycles. The zero-order valence-electron chi connectivity index (χ0n) is 33.6. The lowest BCUT2D eigenvalue weighted by atomic mass is 9.81. The van der Waals surface area contributed by atoms with Gasteiger partial charge in [0.2, 0.25) is 0 Å². The van der Waals surface area contributed by atoms with Crippen LogP contribution in [0.4, 0.5) is 17.1 Å². The maximum atomic E-state index is 2.53. The number of anilines is 3. The largest absolute Gasteiger partial charge is 0.310 e. The zero-order valence-corrected chi connectivity index (χ0v) is 33.6. The molecule has 4 aliphatic rings. The Bertz CT molecular complexity index is 2620. The van der Waals surface area contributed by atoms with Crippen molar-refractivity contribution in [1.82, 2.24) is 0 Å². The van der Waals surface area contributed by atoms with Gasteiger partial charge in [0.25, 0.3) is 0 Å². The Kier molecular flexibility index (Phi) is 8.50. The Balaban J connectivity index is 1.04. The highest BCUT2D eigenvalue weighted by Crippen LogP contribution is 2.55. The molecule has 3 unspecified atom stereocenters. The maximum Gasteiger partial charge on any atom is 0.0467 e. The number of fused-ring (bicyclic) bond motifs is 6. The number of nitrogens with zero attached hydrogens (tertiary/aromatic N) is 1. The molecule has 0 aliphatic heterocycles. The van der Waals surface area contributed by atoms with E-state index in [9.17, 15) is 0 Å². The molecule has 57 heavy (non-hydrogen) atoms. The van der Waals surface area contributed by atoms with Gasteiger partial charge in [-0.1, -0.05) is 155 Å².